The van der Waals surface area contributed by atoms with Crippen LogP contribution in [0.25, 0.3) is 0 Å². The monoisotopic (exact) mass is 351 g/mol. The second-order valence-corrected chi connectivity index (χ2v) is 8.00. The molecule has 1 aromatic carbocycles. The van der Waals surface area contributed by atoms with E-state index >= 15 is 0 Å². The van der Waals surface area contributed by atoms with Gasteiger partial charge in [-0.1, -0.05) is 25.7 Å². The lowest BCUT2D eigenvalue weighted by Gasteiger charge is -2.17. The maximum atomic E-state index is 12.6. The molecule has 0 saturated heterocycles. The molecule has 0 aromatic heterocycles. The number of carbonyl (C=O) groups is 2. The second kappa shape index (κ2) is 6.90. The molecule has 1 fully saturated rings. The maximum Gasteiger partial charge on any atom is 0.240 e. The molecule has 1 saturated carbocycles. The maximum absolute atomic E-state index is 12.6. The summed E-state index contributed by atoms with van der Waals surface area (Å²) in [4.78, 5) is 23.3. The SMILES string of the molecule is O=C1CC(=O)Nc2cc(S(=O)(=O)NC3CCCCCC3)ccc2N1. The first-order valence-corrected chi connectivity index (χ1v) is 9.68. The summed E-state index contributed by atoms with van der Waals surface area (Å²) in [5, 5.41) is 5.15. The summed E-state index contributed by atoms with van der Waals surface area (Å²) in [6.45, 7) is 0. The van der Waals surface area contributed by atoms with Crippen LogP contribution in [0.2, 0.25) is 0 Å². The second-order valence-electron chi connectivity index (χ2n) is 6.29. The first-order valence-electron chi connectivity index (χ1n) is 8.20. The molecule has 1 heterocycles. The van der Waals surface area contributed by atoms with Gasteiger partial charge in [-0.2, -0.15) is 0 Å². The number of hydrogen-bond donors (Lipinski definition) is 3. The minimum atomic E-state index is -3.67. The average Bonchev–Trinajstić information content (AvgIpc) is 2.83. The van der Waals surface area contributed by atoms with Crippen molar-refractivity contribution in [2.24, 2.45) is 0 Å². The van der Waals surface area contributed by atoms with Crippen molar-refractivity contribution in [3.63, 3.8) is 0 Å². The number of hydrogen-bond acceptors (Lipinski definition) is 4. The molecule has 1 aromatic rings. The fraction of sp³-hybridized carbons (Fsp3) is 0.500. The van der Waals surface area contributed by atoms with Crippen LogP contribution in [0, 0.1) is 0 Å². The number of fused-ring (bicyclic) bond motifs is 1. The van der Waals surface area contributed by atoms with E-state index in [1.165, 1.54) is 18.2 Å². The minimum Gasteiger partial charge on any atom is -0.324 e. The minimum absolute atomic E-state index is 0.0504. The summed E-state index contributed by atoms with van der Waals surface area (Å²) in [6.07, 6.45) is 5.75. The Kier molecular flexibility index (Phi) is 4.86. The van der Waals surface area contributed by atoms with Gasteiger partial charge in [0.05, 0.1) is 16.3 Å². The molecule has 1 aliphatic heterocycles. The first kappa shape index (κ1) is 16.9. The van der Waals surface area contributed by atoms with Gasteiger partial charge in [0.15, 0.2) is 0 Å². The van der Waals surface area contributed by atoms with Gasteiger partial charge in [-0.3, -0.25) is 9.59 Å². The fourth-order valence-electron chi connectivity index (χ4n) is 3.12. The van der Waals surface area contributed by atoms with Gasteiger partial charge in [-0.05, 0) is 31.0 Å². The van der Waals surface area contributed by atoms with Crippen LogP contribution in [-0.2, 0) is 19.6 Å². The van der Waals surface area contributed by atoms with Gasteiger partial charge < -0.3 is 10.6 Å². The van der Waals surface area contributed by atoms with Gasteiger partial charge in [0.25, 0.3) is 0 Å². The lowest BCUT2D eigenvalue weighted by molar-refractivity contribution is -0.123. The van der Waals surface area contributed by atoms with Crippen molar-refractivity contribution in [1.82, 2.24) is 4.72 Å². The van der Waals surface area contributed by atoms with Crippen LogP contribution in [0.15, 0.2) is 23.1 Å². The van der Waals surface area contributed by atoms with E-state index in [1.54, 1.807) is 0 Å². The summed E-state index contributed by atoms with van der Waals surface area (Å²) in [5.74, 6) is -0.879. The number of sulfonamides is 1. The smallest absolute Gasteiger partial charge is 0.240 e. The topological polar surface area (TPSA) is 104 Å². The Morgan fingerprint density at radius 1 is 0.917 bits per heavy atom. The number of benzene rings is 1. The van der Waals surface area contributed by atoms with E-state index in [4.69, 9.17) is 0 Å². The molecule has 0 unspecified atom stereocenters. The molecule has 0 atom stereocenters. The van der Waals surface area contributed by atoms with Gasteiger partial charge in [0.2, 0.25) is 21.8 Å². The highest BCUT2D eigenvalue weighted by Crippen LogP contribution is 2.28. The van der Waals surface area contributed by atoms with E-state index in [-0.39, 0.29) is 17.4 Å². The van der Waals surface area contributed by atoms with Crippen LogP contribution in [0.5, 0.6) is 0 Å². The third kappa shape index (κ3) is 3.93. The van der Waals surface area contributed by atoms with E-state index in [2.05, 4.69) is 15.4 Å². The van der Waals surface area contributed by atoms with Crippen molar-refractivity contribution >= 4 is 33.2 Å². The third-order valence-electron chi connectivity index (χ3n) is 4.35. The van der Waals surface area contributed by atoms with Gasteiger partial charge in [0.1, 0.15) is 6.42 Å². The lowest BCUT2D eigenvalue weighted by Crippen LogP contribution is -2.34. The zero-order valence-electron chi connectivity index (χ0n) is 13.3. The Morgan fingerprint density at radius 3 is 2.21 bits per heavy atom. The van der Waals surface area contributed by atoms with Crippen LogP contribution in [0.3, 0.4) is 0 Å². The van der Waals surface area contributed by atoms with Crippen molar-refractivity contribution in [2.45, 2.75) is 55.9 Å². The summed E-state index contributed by atoms with van der Waals surface area (Å²) >= 11 is 0. The van der Waals surface area contributed by atoms with E-state index in [1.807, 2.05) is 0 Å². The molecule has 2 amide bonds. The zero-order chi connectivity index (χ0) is 17.2. The molecule has 2 aliphatic rings. The Balaban J connectivity index is 1.83. The Hall–Kier alpha value is -1.93. The molecule has 0 bridgehead atoms. The fourth-order valence-corrected chi connectivity index (χ4v) is 4.45. The highest BCUT2D eigenvalue weighted by atomic mass is 32.2. The molecule has 130 valence electrons. The molecular weight excluding hydrogens is 330 g/mol. The zero-order valence-corrected chi connectivity index (χ0v) is 14.1. The summed E-state index contributed by atoms with van der Waals surface area (Å²) < 4.78 is 28.0. The van der Waals surface area contributed by atoms with Crippen molar-refractivity contribution in [3.8, 4) is 0 Å². The number of carbonyl (C=O) groups excluding carboxylic acids is 2. The van der Waals surface area contributed by atoms with Gasteiger partial charge >= 0.3 is 0 Å². The van der Waals surface area contributed by atoms with Crippen molar-refractivity contribution in [3.05, 3.63) is 18.2 Å². The van der Waals surface area contributed by atoms with Crippen molar-refractivity contribution in [2.75, 3.05) is 10.6 Å². The predicted molar refractivity (Wildman–Crippen MR) is 90.1 cm³/mol. The standard InChI is InChI=1S/C16H21N3O4S/c20-15-10-16(21)18-14-9-12(7-8-13(14)17-15)24(22,23)19-11-5-3-1-2-4-6-11/h7-9,11,19H,1-6,10H2,(H,17,20)(H,18,21). The lowest BCUT2D eigenvalue weighted by atomic mass is 10.1. The molecule has 0 radical (unpaired) electrons. The third-order valence-corrected chi connectivity index (χ3v) is 5.87. The van der Waals surface area contributed by atoms with Gasteiger partial charge in [-0.25, -0.2) is 13.1 Å². The van der Waals surface area contributed by atoms with Crippen LogP contribution >= 0.6 is 0 Å². The first-order chi connectivity index (χ1) is 11.4. The highest BCUT2D eigenvalue weighted by molar-refractivity contribution is 7.89. The van der Waals surface area contributed by atoms with Gasteiger partial charge in [0, 0.05) is 6.04 Å². The molecule has 3 N–H and O–H groups in total. The molecule has 3 rings (SSSR count). The van der Waals surface area contributed by atoms with E-state index in [0.29, 0.717) is 11.4 Å². The van der Waals surface area contributed by atoms with E-state index < -0.39 is 21.8 Å². The molecular formula is C16H21N3O4S. The highest BCUT2D eigenvalue weighted by Gasteiger charge is 2.24. The normalized spacial score (nSPS) is 19.7. The number of anilines is 2. The van der Waals surface area contributed by atoms with Crippen molar-refractivity contribution in [1.29, 1.82) is 0 Å². The summed E-state index contributed by atoms with van der Waals surface area (Å²) in [7, 11) is -3.67. The number of nitrogens with one attached hydrogen (secondary N) is 3. The molecule has 8 heteroatoms. The van der Waals surface area contributed by atoms with Gasteiger partial charge in [-0.15, -0.1) is 0 Å². The number of amides is 2. The Morgan fingerprint density at radius 2 is 1.54 bits per heavy atom. The predicted octanol–water partition coefficient (Wildman–Crippen LogP) is 1.97. The van der Waals surface area contributed by atoms with E-state index in [0.717, 1.165) is 38.5 Å². The molecule has 24 heavy (non-hydrogen) atoms. The summed E-state index contributed by atoms with van der Waals surface area (Å²) in [6, 6.07) is 4.28. The van der Waals surface area contributed by atoms with Crippen LogP contribution < -0.4 is 15.4 Å². The number of rotatable bonds is 3. The Labute approximate surface area is 141 Å². The molecule has 1 aliphatic carbocycles. The van der Waals surface area contributed by atoms with Crippen LogP contribution in [-0.4, -0.2) is 26.3 Å². The Bertz CT molecular complexity index is 753. The van der Waals surface area contributed by atoms with E-state index in [9.17, 15) is 18.0 Å². The van der Waals surface area contributed by atoms with Crippen LogP contribution in [0.4, 0.5) is 11.4 Å². The molecule has 0 spiro atoms. The average molecular weight is 351 g/mol. The summed E-state index contributed by atoms with van der Waals surface area (Å²) in [5.41, 5.74) is 0.703. The quantitative estimate of drug-likeness (QED) is 0.572. The molecule has 7 nitrogen and oxygen atoms in total. The van der Waals surface area contributed by atoms with Crippen LogP contribution in [0.1, 0.15) is 44.9 Å². The largest absolute Gasteiger partial charge is 0.324 e. The van der Waals surface area contributed by atoms with Crippen molar-refractivity contribution < 1.29 is 18.0 Å².